The maximum absolute atomic E-state index is 6.07. The van der Waals surface area contributed by atoms with Gasteiger partial charge in [-0.2, -0.15) is 0 Å². The first-order valence-corrected chi connectivity index (χ1v) is 10.5. The van der Waals surface area contributed by atoms with E-state index in [1.54, 1.807) is 11.1 Å². The predicted molar refractivity (Wildman–Crippen MR) is 120 cm³/mol. The maximum Gasteiger partial charge on any atom is 0.193 e. The third-order valence-electron chi connectivity index (χ3n) is 6.92. The Morgan fingerprint density at radius 1 is 1.19 bits per heavy atom. The monoisotopic (exact) mass is 481 g/mol. The molecule has 1 heterocycles. The summed E-state index contributed by atoms with van der Waals surface area (Å²) in [4.78, 5) is 6.97. The minimum Gasteiger partial charge on any atom is -0.378 e. The van der Waals surface area contributed by atoms with E-state index < -0.39 is 0 Å². The molecule has 5 rings (SSSR count). The molecular weight excluding hydrogens is 449 g/mol. The number of ether oxygens (including phenoxy) is 1. The minimum absolute atomic E-state index is 0. The number of fused-ring (bicyclic) bond motifs is 3. The Kier molecular flexibility index (Phi) is 5.97. The highest BCUT2D eigenvalue weighted by atomic mass is 127. The topological polar surface area (TPSA) is 36.9 Å². The highest BCUT2D eigenvalue weighted by molar-refractivity contribution is 14.0. The van der Waals surface area contributed by atoms with Crippen LogP contribution >= 0.6 is 24.0 Å². The first kappa shape index (κ1) is 19.5. The van der Waals surface area contributed by atoms with Gasteiger partial charge in [0.2, 0.25) is 0 Å². The Hall–Kier alpha value is -0.820. The molecule has 2 saturated carbocycles. The van der Waals surface area contributed by atoms with Crippen LogP contribution in [-0.2, 0) is 11.2 Å². The first-order valence-electron chi connectivity index (χ1n) is 10.5. The highest BCUT2D eigenvalue weighted by Crippen LogP contribution is 2.60. The number of likely N-dealkylation sites (tertiary alicyclic amines) is 1. The zero-order valence-corrected chi connectivity index (χ0v) is 18.6. The largest absolute Gasteiger partial charge is 0.378 e. The van der Waals surface area contributed by atoms with Gasteiger partial charge in [0.1, 0.15) is 0 Å². The number of benzene rings is 1. The number of hydrogen-bond acceptors (Lipinski definition) is 2. The number of piperidine rings is 1. The number of guanidine groups is 1. The van der Waals surface area contributed by atoms with Crippen molar-refractivity contribution in [3.63, 3.8) is 0 Å². The SMILES string of the molecule is CN=C(NCC1C2Cc3ccccc3C12)N1CCC(OCC2CC2)CC1.I. The second-order valence-corrected chi connectivity index (χ2v) is 8.65. The smallest absolute Gasteiger partial charge is 0.193 e. The average Bonchev–Trinajstić information content (AvgIpc) is 3.59. The highest BCUT2D eigenvalue weighted by Gasteiger charge is 2.55. The van der Waals surface area contributed by atoms with E-state index >= 15 is 0 Å². The summed E-state index contributed by atoms with van der Waals surface area (Å²) < 4.78 is 6.07. The summed E-state index contributed by atoms with van der Waals surface area (Å²) in [5.41, 5.74) is 3.18. The van der Waals surface area contributed by atoms with Crippen molar-refractivity contribution in [2.45, 2.75) is 44.1 Å². The molecule has 1 aromatic carbocycles. The van der Waals surface area contributed by atoms with Crippen LogP contribution in [0.1, 0.15) is 42.7 Å². The third kappa shape index (κ3) is 4.14. The Bertz CT molecular complexity index is 682. The van der Waals surface area contributed by atoms with Crippen LogP contribution in [0.4, 0.5) is 0 Å². The van der Waals surface area contributed by atoms with Gasteiger partial charge in [0, 0.05) is 33.3 Å². The maximum atomic E-state index is 6.07. The molecule has 1 N–H and O–H groups in total. The summed E-state index contributed by atoms with van der Waals surface area (Å²) in [7, 11) is 1.92. The van der Waals surface area contributed by atoms with Crippen molar-refractivity contribution in [3.05, 3.63) is 35.4 Å². The van der Waals surface area contributed by atoms with Crippen LogP contribution in [0, 0.1) is 17.8 Å². The van der Waals surface area contributed by atoms with Crippen LogP contribution in [0.5, 0.6) is 0 Å². The van der Waals surface area contributed by atoms with E-state index in [-0.39, 0.29) is 24.0 Å². The van der Waals surface area contributed by atoms with E-state index in [4.69, 9.17) is 4.74 Å². The van der Waals surface area contributed by atoms with Crippen molar-refractivity contribution in [2.24, 2.45) is 22.7 Å². The molecule has 4 aliphatic rings. The van der Waals surface area contributed by atoms with E-state index in [0.717, 1.165) is 68.7 Å². The summed E-state index contributed by atoms with van der Waals surface area (Å²) in [6.45, 7) is 4.18. The lowest BCUT2D eigenvalue weighted by atomic mass is 10.0. The molecule has 27 heavy (non-hydrogen) atoms. The van der Waals surface area contributed by atoms with E-state index in [9.17, 15) is 0 Å². The molecular formula is C22H32IN3O. The lowest BCUT2D eigenvalue weighted by Crippen LogP contribution is -2.47. The first-order chi connectivity index (χ1) is 12.8. The summed E-state index contributed by atoms with van der Waals surface area (Å²) >= 11 is 0. The van der Waals surface area contributed by atoms with E-state index in [1.807, 2.05) is 7.05 Å². The van der Waals surface area contributed by atoms with E-state index in [0.29, 0.717) is 6.10 Å². The molecule has 0 aromatic heterocycles. The fourth-order valence-corrected chi connectivity index (χ4v) is 5.09. The Morgan fingerprint density at radius 3 is 2.70 bits per heavy atom. The Balaban J connectivity index is 0.00000180. The van der Waals surface area contributed by atoms with Crippen molar-refractivity contribution in [1.82, 2.24) is 10.2 Å². The summed E-state index contributed by atoms with van der Waals surface area (Å²) in [5, 5.41) is 3.67. The molecule has 3 fully saturated rings. The average molecular weight is 481 g/mol. The van der Waals surface area contributed by atoms with Crippen LogP contribution < -0.4 is 5.32 Å². The minimum atomic E-state index is 0. The van der Waals surface area contributed by atoms with Gasteiger partial charge in [-0.3, -0.25) is 4.99 Å². The standard InChI is InChI=1S/C22H31N3O.HI/c1-23-22(25-10-8-17(9-11-25)26-14-15-6-7-15)24-13-20-19-12-16-4-2-3-5-18(16)21(19)20;/h2-5,15,17,19-21H,6-14H2,1H3,(H,23,24);1H. The number of aliphatic imine (C=N–C) groups is 1. The molecule has 0 amide bonds. The van der Waals surface area contributed by atoms with Gasteiger partial charge in [0.15, 0.2) is 5.96 Å². The molecule has 0 spiro atoms. The summed E-state index contributed by atoms with van der Waals surface area (Å²) in [5.74, 6) is 4.40. The lowest BCUT2D eigenvalue weighted by Gasteiger charge is -2.34. The quantitative estimate of drug-likeness (QED) is 0.397. The Labute approximate surface area is 180 Å². The van der Waals surface area contributed by atoms with Crippen LogP contribution in [0.2, 0.25) is 0 Å². The number of halogens is 1. The van der Waals surface area contributed by atoms with Gasteiger partial charge in [0.25, 0.3) is 0 Å². The molecule has 3 unspecified atom stereocenters. The normalized spacial score (nSPS) is 29.7. The van der Waals surface area contributed by atoms with E-state index in [2.05, 4.69) is 39.5 Å². The van der Waals surface area contributed by atoms with Crippen molar-refractivity contribution < 1.29 is 4.74 Å². The summed E-state index contributed by atoms with van der Waals surface area (Å²) in [6.07, 6.45) is 6.76. The van der Waals surface area contributed by atoms with Crippen molar-refractivity contribution in [1.29, 1.82) is 0 Å². The number of nitrogens with zero attached hydrogens (tertiary/aromatic N) is 2. The molecule has 0 radical (unpaired) electrons. The number of nitrogens with one attached hydrogen (secondary N) is 1. The van der Waals surface area contributed by atoms with Crippen LogP contribution in [0.3, 0.4) is 0 Å². The fraction of sp³-hybridized carbons (Fsp3) is 0.682. The molecule has 0 bridgehead atoms. The van der Waals surface area contributed by atoms with Gasteiger partial charge >= 0.3 is 0 Å². The summed E-state index contributed by atoms with van der Waals surface area (Å²) in [6, 6.07) is 9.01. The molecule has 148 valence electrons. The predicted octanol–water partition coefficient (Wildman–Crippen LogP) is 3.66. The Morgan fingerprint density at radius 2 is 1.96 bits per heavy atom. The molecule has 5 heteroatoms. The molecule has 3 aliphatic carbocycles. The number of hydrogen-bond donors (Lipinski definition) is 1. The molecule has 4 nitrogen and oxygen atoms in total. The van der Waals surface area contributed by atoms with Crippen molar-refractivity contribution in [2.75, 3.05) is 33.3 Å². The van der Waals surface area contributed by atoms with Crippen LogP contribution in [-0.4, -0.2) is 50.3 Å². The van der Waals surface area contributed by atoms with Crippen molar-refractivity contribution in [3.8, 4) is 0 Å². The van der Waals surface area contributed by atoms with Crippen LogP contribution in [0.15, 0.2) is 29.3 Å². The van der Waals surface area contributed by atoms with Gasteiger partial charge in [-0.1, -0.05) is 24.3 Å². The second kappa shape index (κ2) is 8.27. The fourth-order valence-electron chi connectivity index (χ4n) is 5.09. The van der Waals surface area contributed by atoms with Gasteiger partial charge in [-0.15, -0.1) is 24.0 Å². The zero-order valence-electron chi connectivity index (χ0n) is 16.3. The zero-order chi connectivity index (χ0) is 17.5. The molecule has 1 aromatic rings. The molecule has 1 saturated heterocycles. The molecule has 1 aliphatic heterocycles. The van der Waals surface area contributed by atoms with Gasteiger partial charge < -0.3 is 15.0 Å². The van der Waals surface area contributed by atoms with Gasteiger partial charge in [0.05, 0.1) is 6.10 Å². The second-order valence-electron chi connectivity index (χ2n) is 8.65. The van der Waals surface area contributed by atoms with Gasteiger partial charge in [-0.05, 0) is 66.9 Å². The van der Waals surface area contributed by atoms with E-state index in [1.165, 1.54) is 19.3 Å². The molecule has 3 atom stereocenters. The van der Waals surface area contributed by atoms with Gasteiger partial charge in [-0.25, -0.2) is 0 Å². The lowest BCUT2D eigenvalue weighted by molar-refractivity contribution is 0.0131. The van der Waals surface area contributed by atoms with Crippen LogP contribution in [0.25, 0.3) is 0 Å². The third-order valence-corrected chi connectivity index (χ3v) is 6.92. The number of rotatable bonds is 5. The van der Waals surface area contributed by atoms with Crippen molar-refractivity contribution >= 4 is 29.9 Å².